The molecule has 0 fully saturated rings. The third-order valence-electron chi connectivity index (χ3n) is 2.00. The summed E-state index contributed by atoms with van der Waals surface area (Å²) in [7, 11) is 0. The van der Waals surface area contributed by atoms with Crippen LogP contribution in [0.5, 0.6) is 0 Å². The average Bonchev–Trinajstić information content (AvgIpc) is 2.59. The first kappa shape index (κ1) is 11.6. The van der Waals surface area contributed by atoms with Gasteiger partial charge in [0.05, 0.1) is 9.48 Å². The highest BCUT2D eigenvalue weighted by molar-refractivity contribution is 9.11. The van der Waals surface area contributed by atoms with Crippen molar-refractivity contribution in [3.05, 3.63) is 39.3 Å². The van der Waals surface area contributed by atoms with Crippen LogP contribution in [0.15, 0.2) is 22.0 Å². The monoisotopic (exact) mass is 304 g/mol. The number of aromatic nitrogens is 1. The highest BCUT2D eigenvalue weighted by atomic mass is 79.9. The Morgan fingerprint density at radius 2 is 2.12 bits per heavy atom. The lowest BCUT2D eigenvalue weighted by molar-refractivity contribution is 0.585. The molecule has 0 saturated carbocycles. The number of benzene rings is 1. The van der Waals surface area contributed by atoms with E-state index in [0.717, 1.165) is 9.85 Å². The van der Waals surface area contributed by atoms with Crippen LogP contribution in [0.3, 0.4) is 0 Å². The topological polar surface area (TPSA) is 38.9 Å². The van der Waals surface area contributed by atoms with Crippen LogP contribution in [0, 0.1) is 11.6 Å². The molecule has 2 N–H and O–H groups in total. The maximum absolute atomic E-state index is 13.5. The first-order chi connectivity index (χ1) is 7.61. The number of rotatable bonds is 2. The minimum Gasteiger partial charge on any atom is -0.325 e. The molecular weight excluding hydrogens is 298 g/mol. The Morgan fingerprint density at radius 3 is 2.69 bits per heavy atom. The molecule has 0 amide bonds. The molecule has 0 radical (unpaired) electrons. The molecule has 2 nitrogen and oxygen atoms in total. The zero-order valence-electron chi connectivity index (χ0n) is 8.01. The maximum atomic E-state index is 13.5. The summed E-state index contributed by atoms with van der Waals surface area (Å²) in [6.07, 6.45) is 0. The molecule has 84 valence electrons. The van der Waals surface area contributed by atoms with Crippen molar-refractivity contribution in [2.45, 2.75) is 6.54 Å². The smallest absolute Gasteiger partial charge is 0.136 e. The van der Waals surface area contributed by atoms with E-state index in [9.17, 15) is 8.78 Å². The van der Waals surface area contributed by atoms with Crippen molar-refractivity contribution in [3.8, 4) is 10.6 Å². The van der Waals surface area contributed by atoms with Crippen molar-refractivity contribution in [2.75, 3.05) is 0 Å². The van der Waals surface area contributed by atoms with E-state index in [2.05, 4.69) is 20.9 Å². The molecule has 0 spiro atoms. The molecule has 0 atom stereocenters. The van der Waals surface area contributed by atoms with Gasteiger partial charge in [-0.3, -0.25) is 0 Å². The number of thiazole rings is 1. The molecule has 0 aliphatic heterocycles. The molecule has 2 rings (SSSR count). The number of hydrogen-bond acceptors (Lipinski definition) is 3. The van der Waals surface area contributed by atoms with Crippen molar-refractivity contribution >= 4 is 27.3 Å². The summed E-state index contributed by atoms with van der Waals surface area (Å²) in [4.78, 5) is 4.17. The fourth-order valence-electron chi connectivity index (χ4n) is 1.24. The van der Waals surface area contributed by atoms with E-state index in [1.165, 1.54) is 23.5 Å². The van der Waals surface area contributed by atoms with Crippen LogP contribution in [0.25, 0.3) is 10.6 Å². The minimum absolute atomic E-state index is 0.278. The Kier molecular flexibility index (Phi) is 3.32. The quantitative estimate of drug-likeness (QED) is 0.924. The van der Waals surface area contributed by atoms with Crippen LogP contribution in [-0.2, 0) is 6.54 Å². The second kappa shape index (κ2) is 4.57. The number of halogens is 3. The van der Waals surface area contributed by atoms with E-state index in [1.807, 2.05) is 0 Å². The molecule has 2 aromatic rings. The van der Waals surface area contributed by atoms with Crippen molar-refractivity contribution < 1.29 is 8.78 Å². The lowest BCUT2D eigenvalue weighted by Crippen LogP contribution is -1.97. The van der Waals surface area contributed by atoms with Crippen molar-refractivity contribution in [1.29, 1.82) is 0 Å². The molecule has 6 heteroatoms. The lowest BCUT2D eigenvalue weighted by atomic mass is 10.2. The van der Waals surface area contributed by atoms with Gasteiger partial charge in [0.1, 0.15) is 16.6 Å². The lowest BCUT2D eigenvalue weighted by Gasteiger charge is -1.98. The summed E-state index contributed by atoms with van der Waals surface area (Å²) in [5.74, 6) is -1.22. The van der Waals surface area contributed by atoms with Crippen molar-refractivity contribution in [2.24, 2.45) is 5.73 Å². The van der Waals surface area contributed by atoms with Gasteiger partial charge in [0, 0.05) is 18.2 Å². The summed E-state index contributed by atoms with van der Waals surface area (Å²) in [5.41, 5.74) is 6.42. The van der Waals surface area contributed by atoms with Crippen LogP contribution < -0.4 is 5.73 Å². The van der Waals surface area contributed by atoms with E-state index >= 15 is 0 Å². The second-order valence-corrected chi connectivity index (χ2v) is 5.38. The molecule has 1 heterocycles. The van der Waals surface area contributed by atoms with Gasteiger partial charge in [-0.2, -0.15) is 0 Å². The molecule has 0 aliphatic rings. The van der Waals surface area contributed by atoms with Gasteiger partial charge in [0.15, 0.2) is 0 Å². The predicted octanol–water partition coefficient (Wildman–Crippen LogP) is 3.31. The average molecular weight is 305 g/mol. The van der Waals surface area contributed by atoms with E-state index in [4.69, 9.17) is 5.73 Å². The van der Waals surface area contributed by atoms with Crippen LogP contribution in [0.1, 0.15) is 5.69 Å². The van der Waals surface area contributed by atoms with Crippen molar-refractivity contribution in [1.82, 2.24) is 4.98 Å². The highest BCUT2D eigenvalue weighted by Crippen LogP contribution is 2.33. The third kappa shape index (κ3) is 2.14. The zero-order valence-corrected chi connectivity index (χ0v) is 10.4. The van der Waals surface area contributed by atoms with Gasteiger partial charge in [-0.15, -0.1) is 11.3 Å². The van der Waals surface area contributed by atoms with Gasteiger partial charge >= 0.3 is 0 Å². The number of nitrogens with two attached hydrogens (primary N) is 1. The molecule has 1 aromatic heterocycles. The van der Waals surface area contributed by atoms with E-state index in [0.29, 0.717) is 10.7 Å². The zero-order chi connectivity index (χ0) is 11.7. The second-order valence-electron chi connectivity index (χ2n) is 3.07. The molecule has 1 aromatic carbocycles. The van der Waals surface area contributed by atoms with Gasteiger partial charge < -0.3 is 5.73 Å². The Hall–Kier alpha value is -0.850. The van der Waals surface area contributed by atoms with Gasteiger partial charge in [0.2, 0.25) is 0 Å². The highest BCUT2D eigenvalue weighted by Gasteiger charge is 2.13. The fourth-order valence-corrected chi connectivity index (χ4v) is 2.80. The molecule has 0 unspecified atom stereocenters. The largest absolute Gasteiger partial charge is 0.325 e. The molecule has 0 aliphatic carbocycles. The summed E-state index contributed by atoms with van der Waals surface area (Å²) in [6, 6.07) is 3.42. The molecule has 16 heavy (non-hydrogen) atoms. The first-order valence-electron chi connectivity index (χ1n) is 4.42. The van der Waals surface area contributed by atoms with Gasteiger partial charge in [-0.25, -0.2) is 13.8 Å². The van der Waals surface area contributed by atoms with Crippen LogP contribution in [0.2, 0.25) is 0 Å². The van der Waals surface area contributed by atoms with E-state index in [-0.39, 0.29) is 12.1 Å². The normalized spacial score (nSPS) is 10.8. The van der Waals surface area contributed by atoms with Crippen LogP contribution in [0.4, 0.5) is 8.78 Å². The summed E-state index contributed by atoms with van der Waals surface area (Å²) >= 11 is 4.57. The third-order valence-corrected chi connectivity index (χ3v) is 3.87. The van der Waals surface area contributed by atoms with Crippen LogP contribution in [-0.4, -0.2) is 4.98 Å². The predicted molar refractivity (Wildman–Crippen MR) is 63.1 cm³/mol. The summed E-state index contributed by atoms with van der Waals surface area (Å²) < 4.78 is 27.0. The van der Waals surface area contributed by atoms with Gasteiger partial charge in [-0.1, -0.05) is 0 Å². The van der Waals surface area contributed by atoms with E-state index < -0.39 is 11.6 Å². The maximum Gasteiger partial charge on any atom is 0.136 e. The fraction of sp³-hybridized carbons (Fsp3) is 0.100. The Morgan fingerprint density at radius 1 is 1.38 bits per heavy atom. The molecular formula is C10H7BrF2N2S. The van der Waals surface area contributed by atoms with E-state index in [1.54, 1.807) is 0 Å². The minimum atomic E-state index is -0.621. The first-order valence-corrected chi connectivity index (χ1v) is 6.03. The number of hydrogen-bond donors (Lipinski definition) is 1. The standard InChI is InChI=1S/C10H7BrF2N2S/c11-9-8(4-14)15-10(16-9)6-2-1-5(12)3-7(6)13/h1-3H,4,14H2. The van der Waals surface area contributed by atoms with Crippen molar-refractivity contribution in [3.63, 3.8) is 0 Å². The van der Waals surface area contributed by atoms with Gasteiger partial charge in [0.25, 0.3) is 0 Å². The Bertz CT molecular complexity index is 528. The van der Waals surface area contributed by atoms with Crippen LogP contribution >= 0.6 is 27.3 Å². The van der Waals surface area contributed by atoms with Gasteiger partial charge in [-0.05, 0) is 28.1 Å². The molecule has 0 bridgehead atoms. The Balaban J connectivity index is 2.50. The molecule has 0 saturated heterocycles. The SMILES string of the molecule is NCc1nc(-c2ccc(F)cc2F)sc1Br. The Labute approximate surface area is 103 Å². The summed E-state index contributed by atoms with van der Waals surface area (Å²) in [6.45, 7) is 0.278. The number of nitrogens with zero attached hydrogens (tertiary/aromatic N) is 1. The summed E-state index contributed by atoms with van der Waals surface area (Å²) in [5, 5.41) is 0.491.